The summed E-state index contributed by atoms with van der Waals surface area (Å²) in [4.78, 5) is 23.4. The summed E-state index contributed by atoms with van der Waals surface area (Å²) in [6.07, 6.45) is 4.62. The van der Waals surface area contributed by atoms with Gasteiger partial charge in [0.05, 0.1) is 5.92 Å². The highest BCUT2D eigenvalue weighted by molar-refractivity contribution is 5.94. The Labute approximate surface area is 108 Å². The van der Waals surface area contributed by atoms with Crippen molar-refractivity contribution in [2.24, 2.45) is 11.8 Å². The van der Waals surface area contributed by atoms with Crippen LogP contribution >= 0.6 is 0 Å². The average Bonchev–Trinajstić information content (AvgIpc) is 2.58. The molecule has 0 aromatic carbocycles. The van der Waals surface area contributed by atoms with E-state index in [1.54, 1.807) is 0 Å². The van der Waals surface area contributed by atoms with E-state index < -0.39 is 0 Å². The maximum atomic E-state index is 11.8. The van der Waals surface area contributed by atoms with Crippen molar-refractivity contribution >= 4 is 11.8 Å². The van der Waals surface area contributed by atoms with E-state index >= 15 is 0 Å². The lowest BCUT2D eigenvalue weighted by molar-refractivity contribution is -0.142. The van der Waals surface area contributed by atoms with Crippen LogP contribution in [0.1, 0.15) is 39.5 Å². The maximum Gasteiger partial charge on any atom is 0.309 e. The van der Waals surface area contributed by atoms with Gasteiger partial charge in [-0.25, -0.2) is 0 Å². The summed E-state index contributed by atoms with van der Waals surface area (Å²) < 4.78 is 5.41. The van der Waals surface area contributed by atoms with E-state index in [1.807, 2.05) is 19.9 Å². The molecule has 3 atom stereocenters. The first kappa shape index (κ1) is 13.1. The van der Waals surface area contributed by atoms with E-state index in [0.29, 0.717) is 18.4 Å². The Balaban J connectivity index is 2.23. The summed E-state index contributed by atoms with van der Waals surface area (Å²) in [5, 5.41) is 0. The molecule has 2 aliphatic rings. The number of carbonyl (C=O) groups excluding carboxylic acids is 2. The number of carbonyl (C=O) groups is 2. The van der Waals surface area contributed by atoms with Crippen molar-refractivity contribution < 1.29 is 14.3 Å². The van der Waals surface area contributed by atoms with Gasteiger partial charge in [-0.05, 0) is 37.8 Å². The van der Waals surface area contributed by atoms with Crippen molar-refractivity contribution in [3.8, 4) is 0 Å². The molecule has 0 N–H and O–H groups in total. The van der Waals surface area contributed by atoms with Gasteiger partial charge in [0.1, 0.15) is 6.10 Å². The van der Waals surface area contributed by atoms with Gasteiger partial charge in [0.15, 0.2) is 5.78 Å². The summed E-state index contributed by atoms with van der Waals surface area (Å²) >= 11 is 0. The van der Waals surface area contributed by atoms with Crippen LogP contribution in [0.15, 0.2) is 23.8 Å². The van der Waals surface area contributed by atoms with Gasteiger partial charge in [-0.15, -0.1) is 0 Å². The van der Waals surface area contributed by atoms with Gasteiger partial charge in [0.25, 0.3) is 0 Å². The maximum absolute atomic E-state index is 11.8. The molecule has 0 saturated carbocycles. The lowest BCUT2D eigenvalue weighted by Crippen LogP contribution is -2.20. The first-order valence-corrected chi connectivity index (χ1v) is 6.58. The van der Waals surface area contributed by atoms with E-state index in [2.05, 4.69) is 6.58 Å². The number of esters is 1. The quantitative estimate of drug-likeness (QED) is 0.376. The third-order valence-electron chi connectivity index (χ3n) is 4.06. The van der Waals surface area contributed by atoms with Crippen LogP contribution in [0.4, 0.5) is 0 Å². The van der Waals surface area contributed by atoms with E-state index in [4.69, 9.17) is 4.74 Å². The van der Waals surface area contributed by atoms with Crippen LogP contribution in [0.5, 0.6) is 0 Å². The molecule has 0 unspecified atom stereocenters. The third kappa shape index (κ3) is 2.55. The molecule has 0 amide bonds. The molecular weight excluding hydrogens is 228 g/mol. The fourth-order valence-electron chi connectivity index (χ4n) is 2.69. The van der Waals surface area contributed by atoms with Crippen molar-refractivity contribution in [3.05, 3.63) is 23.8 Å². The zero-order valence-corrected chi connectivity index (χ0v) is 11.1. The zero-order valence-electron chi connectivity index (χ0n) is 11.1. The molecule has 0 bridgehead atoms. The molecule has 2 rings (SSSR count). The predicted octanol–water partition coefficient (Wildman–Crippen LogP) is 2.81. The highest BCUT2D eigenvalue weighted by Crippen LogP contribution is 2.35. The Kier molecular flexibility index (Phi) is 3.69. The molecule has 1 fully saturated rings. The van der Waals surface area contributed by atoms with Crippen molar-refractivity contribution in [1.29, 1.82) is 0 Å². The minimum atomic E-state index is -0.120. The Bertz CT molecular complexity index is 419. The Morgan fingerprint density at radius 1 is 1.28 bits per heavy atom. The summed E-state index contributed by atoms with van der Waals surface area (Å²) in [6, 6.07) is 0. The minimum Gasteiger partial charge on any atom is -0.458 e. The Morgan fingerprint density at radius 3 is 2.72 bits per heavy atom. The summed E-state index contributed by atoms with van der Waals surface area (Å²) in [7, 11) is 0. The lowest BCUT2D eigenvalue weighted by Gasteiger charge is -2.19. The molecule has 98 valence electrons. The Morgan fingerprint density at radius 2 is 2.00 bits per heavy atom. The second kappa shape index (κ2) is 5.09. The Hall–Kier alpha value is -1.38. The number of hydrogen-bond acceptors (Lipinski definition) is 3. The van der Waals surface area contributed by atoms with Gasteiger partial charge >= 0.3 is 5.97 Å². The molecule has 1 aliphatic carbocycles. The van der Waals surface area contributed by atoms with Crippen LogP contribution in [0.25, 0.3) is 0 Å². The monoisotopic (exact) mass is 248 g/mol. The van der Waals surface area contributed by atoms with Crippen molar-refractivity contribution in [3.63, 3.8) is 0 Å². The summed E-state index contributed by atoms with van der Waals surface area (Å²) in [5.41, 5.74) is 1.81. The number of allylic oxidation sites excluding steroid dienone is 2. The largest absolute Gasteiger partial charge is 0.458 e. The first-order valence-electron chi connectivity index (χ1n) is 6.58. The number of ether oxygens (including phenoxy) is 1. The zero-order chi connectivity index (χ0) is 13.3. The van der Waals surface area contributed by atoms with Gasteiger partial charge in [0.2, 0.25) is 0 Å². The minimum absolute atomic E-state index is 0.0821. The molecule has 0 spiro atoms. The predicted molar refractivity (Wildman–Crippen MR) is 68.9 cm³/mol. The van der Waals surface area contributed by atoms with Crippen molar-refractivity contribution in [1.82, 2.24) is 0 Å². The second-order valence-corrected chi connectivity index (χ2v) is 5.43. The van der Waals surface area contributed by atoms with Crippen LogP contribution in [0, 0.1) is 11.8 Å². The highest BCUT2D eigenvalue weighted by atomic mass is 16.6. The summed E-state index contributed by atoms with van der Waals surface area (Å²) in [5.74, 6) is 0.126. The number of Topliss-reactive ketones (excluding diaryl/α,β-unsaturated/α-hetero) is 1. The van der Waals surface area contributed by atoms with E-state index in [-0.39, 0.29) is 29.7 Å². The molecule has 0 radical (unpaired) electrons. The first-order chi connectivity index (χ1) is 8.49. The van der Waals surface area contributed by atoms with Crippen LogP contribution in [-0.4, -0.2) is 17.9 Å². The molecule has 1 aliphatic heterocycles. The molecule has 3 heteroatoms. The SMILES string of the molecule is C=C1CC[C@H]2[C@H](C)C(=O)O[C@@H]2/C=C(\C)CCC1=O. The van der Waals surface area contributed by atoms with Crippen LogP contribution in [-0.2, 0) is 14.3 Å². The van der Waals surface area contributed by atoms with Crippen molar-refractivity contribution in [2.75, 3.05) is 0 Å². The number of fused-ring (bicyclic) bond motifs is 1. The second-order valence-electron chi connectivity index (χ2n) is 5.43. The van der Waals surface area contributed by atoms with E-state index in [1.165, 1.54) is 0 Å². The molecule has 1 heterocycles. The molecule has 18 heavy (non-hydrogen) atoms. The standard InChI is InChI=1S/C15H20O3/c1-9-4-7-13(16)10(2)5-6-12-11(3)15(17)18-14(12)8-9/h8,11-12,14H,2,4-7H2,1,3H3/b9-8+/t11-,12-,14+/m0/s1. The van der Waals surface area contributed by atoms with Crippen LogP contribution in [0.2, 0.25) is 0 Å². The van der Waals surface area contributed by atoms with Gasteiger partial charge in [0, 0.05) is 12.3 Å². The number of hydrogen-bond donors (Lipinski definition) is 0. The topological polar surface area (TPSA) is 43.4 Å². The van der Waals surface area contributed by atoms with E-state index in [9.17, 15) is 9.59 Å². The highest BCUT2D eigenvalue weighted by Gasteiger charge is 2.40. The fourth-order valence-corrected chi connectivity index (χ4v) is 2.69. The molecule has 0 aromatic rings. The molecule has 1 saturated heterocycles. The summed E-state index contributed by atoms with van der Waals surface area (Å²) in [6.45, 7) is 7.76. The normalized spacial score (nSPS) is 36.7. The van der Waals surface area contributed by atoms with Gasteiger partial charge in [-0.2, -0.15) is 0 Å². The van der Waals surface area contributed by atoms with Crippen LogP contribution in [0.3, 0.4) is 0 Å². The van der Waals surface area contributed by atoms with Crippen molar-refractivity contribution in [2.45, 2.75) is 45.6 Å². The molecule has 3 nitrogen and oxygen atoms in total. The van der Waals surface area contributed by atoms with Gasteiger partial charge < -0.3 is 4.74 Å². The lowest BCUT2D eigenvalue weighted by atomic mass is 9.84. The number of rotatable bonds is 0. The smallest absolute Gasteiger partial charge is 0.309 e. The van der Waals surface area contributed by atoms with Gasteiger partial charge in [-0.3, -0.25) is 9.59 Å². The molecular formula is C15H20O3. The van der Waals surface area contributed by atoms with E-state index in [0.717, 1.165) is 18.4 Å². The fraction of sp³-hybridized carbons (Fsp3) is 0.600. The average molecular weight is 248 g/mol. The molecule has 0 aromatic heterocycles. The van der Waals surface area contributed by atoms with Crippen LogP contribution < -0.4 is 0 Å². The third-order valence-corrected chi connectivity index (χ3v) is 4.06. The van der Waals surface area contributed by atoms with Gasteiger partial charge in [-0.1, -0.05) is 19.1 Å². The number of ketones is 1.